The van der Waals surface area contributed by atoms with Crippen molar-refractivity contribution in [3.05, 3.63) is 235 Å². The maximum atomic E-state index is 5.24. The molecular formula is C57H35N3S. The van der Waals surface area contributed by atoms with Crippen LogP contribution in [0.3, 0.4) is 0 Å². The fraction of sp³-hybridized carbons (Fsp3) is 0.0175. The minimum absolute atomic E-state index is 0.480. The van der Waals surface area contributed by atoms with Crippen molar-refractivity contribution in [2.75, 3.05) is 0 Å². The molecule has 0 amide bonds. The molecule has 2 aliphatic rings. The van der Waals surface area contributed by atoms with Gasteiger partial charge in [-0.2, -0.15) is 0 Å². The molecule has 11 aromatic rings. The van der Waals surface area contributed by atoms with Crippen LogP contribution in [0.5, 0.6) is 0 Å². The van der Waals surface area contributed by atoms with Crippen molar-refractivity contribution in [2.24, 2.45) is 0 Å². The maximum absolute atomic E-state index is 5.24. The average molecular weight is 794 g/mol. The fourth-order valence-electron chi connectivity index (χ4n) is 10.3. The van der Waals surface area contributed by atoms with Crippen molar-refractivity contribution >= 4 is 44.3 Å². The zero-order valence-electron chi connectivity index (χ0n) is 33.0. The van der Waals surface area contributed by atoms with E-state index in [0.29, 0.717) is 5.82 Å². The average Bonchev–Trinajstić information content (AvgIpc) is 3.82. The number of rotatable bonds is 4. The van der Waals surface area contributed by atoms with Crippen molar-refractivity contribution in [1.82, 2.24) is 14.5 Å². The SMILES string of the molecule is c1ccc(-c2cc(-c3cccc(-n4c5cc6c(cc5c5ccc7ccccc7c54)Sc4ccccc4C64c5ccccc5-c5ccccc54)c3)nc(-c3ccccc3)n2)cc1. The topological polar surface area (TPSA) is 30.7 Å². The predicted molar refractivity (Wildman–Crippen MR) is 252 cm³/mol. The third-order valence-electron chi connectivity index (χ3n) is 12.8. The molecule has 284 valence electrons. The Bertz CT molecular complexity index is 3470. The molecule has 0 saturated heterocycles. The molecule has 0 atom stereocenters. The van der Waals surface area contributed by atoms with Gasteiger partial charge in [0, 0.05) is 48.3 Å². The van der Waals surface area contributed by atoms with Crippen molar-refractivity contribution in [3.63, 3.8) is 0 Å². The first-order chi connectivity index (χ1) is 30.2. The molecule has 0 bridgehead atoms. The van der Waals surface area contributed by atoms with Gasteiger partial charge in [-0.05, 0) is 75.2 Å². The van der Waals surface area contributed by atoms with Gasteiger partial charge in [0.25, 0.3) is 0 Å². The summed E-state index contributed by atoms with van der Waals surface area (Å²) in [5, 5.41) is 4.92. The smallest absolute Gasteiger partial charge is 0.160 e. The summed E-state index contributed by atoms with van der Waals surface area (Å²) in [7, 11) is 0. The Morgan fingerprint density at radius 1 is 0.393 bits per heavy atom. The Hall–Kier alpha value is -7.53. The van der Waals surface area contributed by atoms with Gasteiger partial charge in [0.2, 0.25) is 0 Å². The first kappa shape index (κ1) is 34.3. The van der Waals surface area contributed by atoms with Gasteiger partial charge in [0.15, 0.2) is 5.82 Å². The molecule has 3 heterocycles. The standard InChI is InChI=1S/C57H35N3S/c1-3-17-37(18-4-1)50-35-51(59-56(58-50)38-19-5-2-6-20-38)39-21-15-22-40(32-39)60-52-34-49-54(33-45(52)44-31-30-36-16-7-8-23-41(36)55(44)60)61-53-29-14-13-28-48(53)57(49)46-26-11-9-24-42(46)43-25-10-12-27-47(43)57/h1-35H. The number of hydrogen-bond donors (Lipinski definition) is 0. The highest BCUT2D eigenvalue weighted by atomic mass is 32.2. The lowest BCUT2D eigenvalue weighted by Gasteiger charge is -2.39. The summed E-state index contributed by atoms with van der Waals surface area (Å²) in [6.07, 6.45) is 0. The van der Waals surface area contributed by atoms with Crippen LogP contribution in [0.25, 0.3) is 83.3 Å². The zero-order chi connectivity index (χ0) is 40.1. The second-order valence-electron chi connectivity index (χ2n) is 16.1. The van der Waals surface area contributed by atoms with Gasteiger partial charge in [0.1, 0.15) is 0 Å². The molecule has 3 nitrogen and oxygen atoms in total. The van der Waals surface area contributed by atoms with Gasteiger partial charge in [0.05, 0.1) is 27.8 Å². The van der Waals surface area contributed by atoms with Crippen LogP contribution >= 0.6 is 11.8 Å². The molecule has 9 aromatic carbocycles. The molecule has 61 heavy (non-hydrogen) atoms. The maximum Gasteiger partial charge on any atom is 0.160 e. The van der Waals surface area contributed by atoms with Crippen molar-refractivity contribution in [3.8, 4) is 50.7 Å². The Balaban J connectivity index is 1.11. The van der Waals surface area contributed by atoms with Crippen LogP contribution in [-0.2, 0) is 5.41 Å². The molecule has 0 radical (unpaired) electrons. The summed E-state index contributed by atoms with van der Waals surface area (Å²) in [4.78, 5) is 12.9. The summed E-state index contributed by atoms with van der Waals surface area (Å²) >= 11 is 1.90. The van der Waals surface area contributed by atoms with Gasteiger partial charge in [-0.25, -0.2) is 9.97 Å². The molecule has 0 N–H and O–H groups in total. The highest BCUT2D eigenvalue weighted by molar-refractivity contribution is 7.99. The fourth-order valence-corrected chi connectivity index (χ4v) is 11.5. The molecule has 1 aliphatic carbocycles. The molecule has 0 saturated carbocycles. The van der Waals surface area contributed by atoms with Gasteiger partial charge >= 0.3 is 0 Å². The monoisotopic (exact) mass is 793 g/mol. The Labute approximate surface area is 357 Å². The quantitative estimate of drug-likeness (QED) is 0.178. The van der Waals surface area contributed by atoms with Crippen LogP contribution in [-0.4, -0.2) is 14.5 Å². The predicted octanol–water partition coefficient (Wildman–Crippen LogP) is 14.6. The van der Waals surface area contributed by atoms with Crippen LogP contribution in [0.1, 0.15) is 22.3 Å². The summed E-state index contributed by atoms with van der Waals surface area (Å²) in [6, 6.07) is 77.3. The van der Waals surface area contributed by atoms with E-state index in [1.807, 2.05) is 36.0 Å². The summed E-state index contributed by atoms with van der Waals surface area (Å²) in [6.45, 7) is 0. The van der Waals surface area contributed by atoms with Crippen LogP contribution in [0, 0.1) is 0 Å². The van der Waals surface area contributed by atoms with E-state index < -0.39 is 5.41 Å². The molecule has 4 heteroatoms. The summed E-state index contributed by atoms with van der Waals surface area (Å²) in [5.74, 6) is 0.706. The van der Waals surface area contributed by atoms with E-state index in [1.54, 1.807) is 0 Å². The molecule has 1 aliphatic heterocycles. The third-order valence-corrected chi connectivity index (χ3v) is 14.0. The molecule has 13 rings (SSSR count). The molecule has 0 fully saturated rings. The molecule has 1 spiro atoms. The van der Waals surface area contributed by atoms with Gasteiger partial charge in [-0.1, -0.05) is 188 Å². The largest absolute Gasteiger partial charge is 0.309 e. The number of fused-ring (bicyclic) bond motifs is 14. The van der Waals surface area contributed by atoms with Gasteiger partial charge in [-0.3, -0.25) is 0 Å². The number of benzene rings is 9. The Morgan fingerprint density at radius 3 is 1.79 bits per heavy atom. The molecular weight excluding hydrogens is 759 g/mol. The van der Waals surface area contributed by atoms with Crippen molar-refractivity contribution < 1.29 is 0 Å². The van der Waals surface area contributed by atoms with E-state index in [1.165, 1.54) is 75.7 Å². The number of nitrogens with zero attached hydrogens (tertiary/aromatic N) is 3. The lowest BCUT2D eigenvalue weighted by atomic mass is 9.67. The van der Waals surface area contributed by atoms with Crippen LogP contribution in [0.15, 0.2) is 222 Å². The van der Waals surface area contributed by atoms with E-state index in [-0.39, 0.29) is 0 Å². The Morgan fingerprint density at radius 2 is 1.02 bits per heavy atom. The first-order valence-corrected chi connectivity index (χ1v) is 21.6. The lowest BCUT2D eigenvalue weighted by molar-refractivity contribution is 0.724. The highest BCUT2D eigenvalue weighted by Gasteiger charge is 2.50. The molecule has 2 aromatic heterocycles. The normalized spacial score (nSPS) is 13.3. The Kier molecular flexibility index (Phi) is 7.45. The highest BCUT2D eigenvalue weighted by Crippen LogP contribution is 2.62. The second-order valence-corrected chi connectivity index (χ2v) is 17.2. The number of aromatic nitrogens is 3. The van der Waals surface area contributed by atoms with Crippen LogP contribution in [0.2, 0.25) is 0 Å². The van der Waals surface area contributed by atoms with E-state index in [2.05, 4.69) is 193 Å². The minimum atomic E-state index is -0.480. The van der Waals surface area contributed by atoms with Crippen molar-refractivity contribution in [1.29, 1.82) is 0 Å². The van der Waals surface area contributed by atoms with E-state index in [4.69, 9.17) is 9.97 Å². The zero-order valence-corrected chi connectivity index (χ0v) is 33.8. The molecule has 0 unspecified atom stereocenters. The summed E-state index contributed by atoms with van der Waals surface area (Å²) < 4.78 is 2.51. The first-order valence-electron chi connectivity index (χ1n) is 20.8. The van der Waals surface area contributed by atoms with E-state index in [9.17, 15) is 0 Å². The minimum Gasteiger partial charge on any atom is -0.309 e. The number of hydrogen-bond acceptors (Lipinski definition) is 3. The van der Waals surface area contributed by atoms with Crippen LogP contribution in [0.4, 0.5) is 0 Å². The van der Waals surface area contributed by atoms with E-state index in [0.717, 1.165) is 33.8 Å². The van der Waals surface area contributed by atoms with Gasteiger partial charge < -0.3 is 4.57 Å². The lowest BCUT2D eigenvalue weighted by Crippen LogP contribution is -2.32. The van der Waals surface area contributed by atoms with E-state index >= 15 is 0 Å². The van der Waals surface area contributed by atoms with Gasteiger partial charge in [-0.15, -0.1) is 0 Å². The third kappa shape index (κ3) is 5.00. The summed E-state index contributed by atoms with van der Waals surface area (Å²) in [5.41, 5.74) is 15.8. The van der Waals surface area contributed by atoms with Crippen LogP contribution < -0.4 is 0 Å². The second kappa shape index (κ2) is 13.2. The van der Waals surface area contributed by atoms with Crippen molar-refractivity contribution in [2.45, 2.75) is 15.2 Å².